The number of nitrogens with one attached hydrogen (secondary N) is 1. The lowest BCUT2D eigenvalue weighted by Crippen LogP contribution is -2.46. The van der Waals surface area contributed by atoms with E-state index in [0.29, 0.717) is 18.3 Å². The van der Waals surface area contributed by atoms with Crippen molar-refractivity contribution in [3.8, 4) is 0 Å². The Morgan fingerprint density at radius 1 is 1.21 bits per heavy atom. The van der Waals surface area contributed by atoms with Crippen LogP contribution in [0.1, 0.15) is 51.9 Å². The Morgan fingerprint density at radius 2 is 1.95 bits per heavy atom. The minimum absolute atomic E-state index is 0.228. The van der Waals surface area contributed by atoms with Gasteiger partial charge in [0.1, 0.15) is 5.41 Å². The zero-order chi connectivity index (χ0) is 13.6. The zero-order valence-corrected chi connectivity index (χ0v) is 11.5. The van der Waals surface area contributed by atoms with Gasteiger partial charge in [-0.1, -0.05) is 6.42 Å². The van der Waals surface area contributed by atoms with E-state index in [1.54, 1.807) is 6.92 Å². The van der Waals surface area contributed by atoms with Crippen molar-refractivity contribution in [2.45, 2.75) is 57.9 Å². The highest BCUT2D eigenvalue weighted by atomic mass is 16.4. The van der Waals surface area contributed by atoms with Gasteiger partial charge in [0.15, 0.2) is 0 Å². The molecule has 4 unspecified atom stereocenters. The molecule has 3 fully saturated rings. The Balaban J connectivity index is 1.68. The standard InChI is InChI=1S/C15H23NO3/c1-15(14(18)19,13(17)16-12-4-5-12)8-11-7-9-2-3-10(11)6-9/h9-12H,2-8H2,1H3,(H,16,17)(H,18,19). The van der Waals surface area contributed by atoms with Crippen LogP contribution in [-0.2, 0) is 9.59 Å². The predicted molar refractivity (Wildman–Crippen MR) is 70.5 cm³/mol. The summed E-state index contributed by atoms with van der Waals surface area (Å²) in [5.74, 6) is 0.653. The van der Waals surface area contributed by atoms with E-state index in [1.807, 2.05) is 0 Å². The quantitative estimate of drug-likeness (QED) is 0.749. The van der Waals surface area contributed by atoms with Crippen LogP contribution in [0.5, 0.6) is 0 Å². The molecule has 4 heteroatoms. The average molecular weight is 265 g/mol. The van der Waals surface area contributed by atoms with Gasteiger partial charge < -0.3 is 10.4 Å². The Kier molecular flexibility index (Phi) is 3.06. The van der Waals surface area contributed by atoms with Crippen molar-refractivity contribution in [2.75, 3.05) is 0 Å². The van der Waals surface area contributed by atoms with Crippen LogP contribution in [-0.4, -0.2) is 23.0 Å². The first-order valence-electron chi connectivity index (χ1n) is 7.53. The lowest BCUT2D eigenvalue weighted by atomic mass is 9.74. The molecule has 3 saturated carbocycles. The van der Waals surface area contributed by atoms with Gasteiger partial charge >= 0.3 is 5.97 Å². The number of carboxylic acids is 1. The van der Waals surface area contributed by atoms with Crippen LogP contribution in [0.4, 0.5) is 0 Å². The van der Waals surface area contributed by atoms with Crippen LogP contribution in [0.15, 0.2) is 0 Å². The summed E-state index contributed by atoms with van der Waals surface area (Å²) in [4.78, 5) is 23.9. The average Bonchev–Trinajstić information content (AvgIpc) is 2.93. The molecule has 3 rings (SSSR count). The fourth-order valence-electron chi connectivity index (χ4n) is 4.00. The highest BCUT2D eigenvalue weighted by Gasteiger charge is 2.49. The molecule has 2 N–H and O–H groups in total. The molecule has 0 heterocycles. The summed E-state index contributed by atoms with van der Waals surface area (Å²) in [6.45, 7) is 1.61. The largest absolute Gasteiger partial charge is 0.480 e. The number of aliphatic carboxylic acids is 1. The van der Waals surface area contributed by atoms with Gasteiger partial charge in [-0.15, -0.1) is 0 Å². The van der Waals surface area contributed by atoms with Gasteiger partial charge in [-0.25, -0.2) is 0 Å². The first-order chi connectivity index (χ1) is 8.99. The molecule has 2 bridgehead atoms. The fraction of sp³-hybridized carbons (Fsp3) is 0.867. The first-order valence-corrected chi connectivity index (χ1v) is 7.53. The van der Waals surface area contributed by atoms with Crippen molar-refractivity contribution >= 4 is 11.9 Å². The topological polar surface area (TPSA) is 66.4 Å². The molecule has 3 aliphatic carbocycles. The molecule has 3 aliphatic rings. The molecule has 1 amide bonds. The van der Waals surface area contributed by atoms with E-state index in [2.05, 4.69) is 5.32 Å². The minimum Gasteiger partial charge on any atom is -0.480 e. The van der Waals surface area contributed by atoms with E-state index in [-0.39, 0.29) is 11.9 Å². The second-order valence-corrected chi connectivity index (χ2v) is 7.02. The summed E-state index contributed by atoms with van der Waals surface area (Å²) in [7, 11) is 0. The lowest BCUT2D eigenvalue weighted by molar-refractivity contribution is -0.156. The zero-order valence-electron chi connectivity index (χ0n) is 11.5. The number of hydrogen-bond donors (Lipinski definition) is 2. The normalized spacial score (nSPS) is 35.9. The molecule has 0 aliphatic heterocycles. The Bertz CT molecular complexity index is 404. The van der Waals surface area contributed by atoms with Crippen molar-refractivity contribution in [3.63, 3.8) is 0 Å². The van der Waals surface area contributed by atoms with Crippen LogP contribution < -0.4 is 5.32 Å². The summed E-state index contributed by atoms with van der Waals surface area (Å²) < 4.78 is 0. The van der Waals surface area contributed by atoms with E-state index in [1.165, 1.54) is 19.3 Å². The maximum atomic E-state index is 12.3. The molecular formula is C15H23NO3. The summed E-state index contributed by atoms with van der Waals surface area (Å²) in [6, 6.07) is 0.228. The number of amides is 1. The molecule has 106 valence electrons. The molecule has 4 atom stereocenters. The van der Waals surface area contributed by atoms with E-state index in [9.17, 15) is 14.7 Å². The van der Waals surface area contributed by atoms with Crippen LogP contribution in [0.25, 0.3) is 0 Å². The number of rotatable bonds is 5. The maximum Gasteiger partial charge on any atom is 0.318 e. The van der Waals surface area contributed by atoms with E-state index >= 15 is 0 Å². The second kappa shape index (κ2) is 4.50. The summed E-state index contributed by atoms with van der Waals surface area (Å²) >= 11 is 0. The molecule has 0 spiro atoms. The van der Waals surface area contributed by atoms with Crippen molar-refractivity contribution in [1.82, 2.24) is 5.32 Å². The minimum atomic E-state index is -1.24. The van der Waals surface area contributed by atoms with Crippen LogP contribution in [0.2, 0.25) is 0 Å². The molecule has 0 radical (unpaired) electrons. The summed E-state index contributed by atoms with van der Waals surface area (Å²) in [6.07, 6.45) is 7.43. The van der Waals surface area contributed by atoms with Crippen LogP contribution in [0, 0.1) is 23.2 Å². The molecule has 0 aromatic rings. The molecule has 0 saturated heterocycles. The molecule has 19 heavy (non-hydrogen) atoms. The second-order valence-electron chi connectivity index (χ2n) is 7.02. The van der Waals surface area contributed by atoms with Gasteiger partial charge in [-0.3, -0.25) is 9.59 Å². The van der Waals surface area contributed by atoms with Gasteiger partial charge in [0.2, 0.25) is 5.91 Å². The number of carbonyl (C=O) groups is 2. The highest BCUT2D eigenvalue weighted by molar-refractivity contribution is 6.01. The van der Waals surface area contributed by atoms with Gasteiger partial charge in [0, 0.05) is 6.04 Å². The third-order valence-electron chi connectivity index (χ3n) is 5.44. The van der Waals surface area contributed by atoms with Crippen LogP contribution >= 0.6 is 0 Å². The van der Waals surface area contributed by atoms with Gasteiger partial charge in [-0.05, 0) is 63.2 Å². The van der Waals surface area contributed by atoms with Crippen molar-refractivity contribution in [2.24, 2.45) is 23.2 Å². The Hall–Kier alpha value is -1.06. The van der Waals surface area contributed by atoms with Gasteiger partial charge in [0.05, 0.1) is 0 Å². The fourth-order valence-corrected chi connectivity index (χ4v) is 4.00. The number of carboxylic acid groups (broad SMARTS) is 1. The van der Waals surface area contributed by atoms with E-state index in [0.717, 1.165) is 25.2 Å². The van der Waals surface area contributed by atoms with Gasteiger partial charge in [0.25, 0.3) is 0 Å². The van der Waals surface area contributed by atoms with Crippen molar-refractivity contribution in [1.29, 1.82) is 0 Å². The maximum absolute atomic E-state index is 12.3. The number of carbonyl (C=O) groups excluding carboxylic acids is 1. The SMILES string of the molecule is CC(CC1CC2CCC1C2)(C(=O)O)C(=O)NC1CC1. The Labute approximate surface area is 113 Å². The van der Waals surface area contributed by atoms with Crippen molar-refractivity contribution < 1.29 is 14.7 Å². The van der Waals surface area contributed by atoms with Gasteiger partial charge in [-0.2, -0.15) is 0 Å². The first kappa shape index (κ1) is 12.9. The third-order valence-corrected chi connectivity index (χ3v) is 5.44. The van der Waals surface area contributed by atoms with E-state index < -0.39 is 11.4 Å². The Morgan fingerprint density at radius 3 is 2.42 bits per heavy atom. The lowest BCUT2D eigenvalue weighted by Gasteiger charge is -2.30. The summed E-state index contributed by atoms with van der Waals surface area (Å²) in [5, 5.41) is 12.4. The number of fused-ring (bicyclic) bond motifs is 2. The smallest absolute Gasteiger partial charge is 0.318 e. The molecule has 0 aromatic heterocycles. The highest BCUT2D eigenvalue weighted by Crippen LogP contribution is 2.52. The number of hydrogen-bond acceptors (Lipinski definition) is 2. The monoisotopic (exact) mass is 265 g/mol. The predicted octanol–water partition coefficient (Wildman–Crippen LogP) is 2.18. The van der Waals surface area contributed by atoms with E-state index in [4.69, 9.17) is 0 Å². The molecule has 4 nitrogen and oxygen atoms in total. The third kappa shape index (κ3) is 2.37. The molecule has 0 aromatic carbocycles. The summed E-state index contributed by atoms with van der Waals surface area (Å²) in [5.41, 5.74) is -1.24. The van der Waals surface area contributed by atoms with Crippen LogP contribution in [0.3, 0.4) is 0 Å². The molecular weight excluding hydrogens is 242 g/mol. The van der Waals surface area contributed by atoms with Crippen molar-refractivity contribution in [3.05, 3.63) is 0 Å².